The quantitative estimate of drug-likeness (QED) is 0.258. The maximum Gasteiger partial charge on any atom is 0.325 e. The molecule has 2 aromatic carbocycles. The summed E-state index contributed by atoms with van der Waals surface area (Å²) in [7, 11) is 0. The van der Waals surface area contributed by atoms with Crippen LogP contribution in [0.5, 0.6) is 0 Å². The van der Waals surface area contributed by atoms with E-state index in [1.54, 1.807) is 12.4 Å². The zero-order valence-electron chi connectivity index (χ0n) is 18.5. The van der Waals surface area contributed by atoms with Crippen LogP contribution in [0.1, 0.15) is 10.4 Å². The minimum Gasteiger partial charge on any atom is -0.452 e. The fraction of sp³-hybridized carbons (Fsp3) is 0.0769. The van der Waals surface area contributed by atoms with Gasteiger partial charge in [0.25, 0.3) is 0 Å². The molecule has 3 N–H and O–H groups in total. The SMILES string of the molecule is N#Cc1cnc2cc(-c3ccccc3)oc2c1NCCc1cnc(NC(=O)Nc2ccccc2)s1. The zero-order valence-corrected chi connectivity index (χ0v) is 19.3. The van der Waals surface area contributed by atoms with E-state index < -0.39 is 0 Å². The Hall–Kier alpha value is -4.68. The molecule has 0 atom stereocenters. The van der Waals surface area contributed by atoms with Crippen molar-refractivity contribution in [3.8, 4) is 17.4 Å². The van der Waals surface area contributed by atoms with Gasteiger partial charge in [-0.2, -0.15) is 5.26 Å². The number of hydrogen-bond acceptors (Lipinski definition) is 7. The maximum absolute atomic E-state index is 12.2. The highest BCUT2D eigenvalue weighted by Gasteiger charge is 2.15. The fourth-order valence-electron chi connectivity index (χ4n) is 3.55. The summed E-state index contributed by atoms with van der Waals surface area (Å²) in [6, 6.07) is 22.7. The first-order valence-corrected chi connectivity index (χ1v) is 11.7. The lowest BCUT2D eigenvalue weighted by Crippen LogP contribution is -2.19. The number of furan rings is 1. The van der Waals surface area contributed by atoms with Crippen molar-refractivity contribution in [2.24, 2.45) is 0 Å². The van der Waals surface area contributed by atoms with Crippen molar-refractivity contribution in [3.05, 3.63) is 89.6 Å². The third-order valence-electron chi connectivity index (χ3n) is 5.20. The molecule has 2 amide bonds. The molecule has 0 saturated carbocycles. The van der Waals surface area contributed by atoms with Gasteiger partial charge in [0, 0.05) is 47.6 Å². The molecule has 35 heavy (non-hydrogen) atoms. The Bertz CT molecular complexity index is 1510. The van der Waals surface area contributed by atoms with Crippen molar-refractivity contribution in [2.45, 2.75) is 6.42 Å². The Morgan fingerprint density at radius 2 is 1.77 bits per heavy atom. The van der Waals surface area contributed by atoms with Crippen LogP contribution in [0.2, 0.25) is 0 Å². The van der Waals surface area contributed by atoms with Gasteiger partial charge in [0.15, 0.2) is 10.7 Å². The smallest absolute Gasteiger partial charge is 0.325 e. The lowest BCUT2D eigenvalue weighted by atomic mass is 10.2. The molecule has 3 aromatic heterocycles. The van der Waals surface area contributed by atoms with Crippen LogP contribution in [0.4, 0.5) is 21.3 Å². The van der Waals surface area contributed by atoms with Crippen molar-refractivity contribution in [1.29, 1.82) is 5.26 Å². The number of benzene rings is 2. The maximum atomic E-state index is 12.2. The first-order valence-electron chi connectivity index (χ1n) is 10.9. The lowest BCUT2D eigenvalue weighted by Gasteiger charge is -2.07. The van der Waals surface area contributed by atoms with Crippen LogP contribution in [0.25, 0.3) is 22.4 Å². The molecule has 3 heterocycles. The molecule has 172 valence electrons. The van der Waals surface area contributed by atoms with E-state index in [0.717, 1.165) is 10.4 Å². The predicted molar refractivity (Wildman–Crippen MR) is 138 cm³/mol. The Balaban J connectivity index is 1.25. The number of amides is 2. The van der Waals surface area contributed by atoms with Gasteiger partial charge >= 0.3 is 6.03 Å². The van der Waals surface area contributed by atoms with Gasteiger partial charge in [0.05, 0.1) is 11.3 Å². The Labute approximate surface area is 205 Å². The van der Waals surface area contributed by atoms with E-state index in [0.29, 0.717) is 51.9 Å². The van der Waals surface area contributed by atoms with E-state index in [2.05, 4.69) is 32.0 Å². The highest BCUT2D eigenvalue weighted by atomic mass is 32.1. The van der Waals surface area contributed by atoms with Crippen LogP contribution in [-0.2, 0) is 6.42 Å². The van der Waals surface area contributed by atoms with Crippen LogP contribution in [0, 0.1) is 11.3 Å². The number of urea groups is 1. The molecule has 0 bridgehead atoms. The molecule has 8 nitrogen and oxygen atoms in total. The number of nitrogens with zero attached hydrogens (tertiary/aromatic N) is 3. The third-order valence-corrected chi connectivity index (χ3v) is 6.17. The number of thiazole rings is 1. The van der Waals surface area contributed by atoms with Gasteiger partial charge in [-0.25, -0.2) is 9.78 Å². The summed E-state index contributed by atoms with van der Waals surface area (Å²) in [5.41, 5.74) is 3.90. The molecule has 0 aliphatic carbocycles. The van der Waals surface area contributed by atoms with E-state index in [1.165, 1.54) is 11.3 Å². The monoisotopic (exact) mass is 480 g/mol. The first kappa shape index (κ1) is 22.1. The summed E-state index contributed by atoms with van der Waals surface area (Å²) in [5.74, 6) is 0.693. The Morgan fingerprint density at radius 3 is 2.54 bits per heavy atom. The van der Waals surface area contributed by atoms with Crippen LogP contribution in [0.15, 0.2) is 83.5 Å². The molecule has 9 heteroatoms. The molecule has 0 unspecified atom stereocenters. The molecule has 0 fully saturated rings. The van der Waals surface area contributed by atoms with Crippen molar-refractivity contribution < 1.29 is 9.21 Å². The van der Waals surface area contributed by atoms with Crippen molar-refractivity contribution in [1.82, 2.24) is 9.97 Å². The van der Waals surface area contributed by atoms with Gasteiger partial charge in [-0.3, -0.25) is 10.3 Å². The number of carbonyl (C=O) groups excluding carboxylic acids is 1. The van der Waals surface area contributed by atoms with Gasteiger partial charge < -0.3 is 15.1 Å². The summed E-state index contributed by atoms with van der Waals surface area (Å²) in [5, 5.41) is 18.9. The Morgan fingerprint density at radius 1 is 1.00 bits per heavy atom. The summed E-state index contributed by atoms with van der Waals surface area (Å²) >= 11 is 1.40. The number of nitrogens with one attached hydrogen (secondary N) is 3. The largest absolute Gasteiger partial charge is 0.452 e. The van der Waals surface area contributed by atoms with Crippen LogP contribution >= 0.6 is 11.3 Å². The average Bonchev–Trinajstić information content (AvgIpc) is 3.52. The molecule has 0 radical (unpaired) electrons. The molecular formula is C26H20N6O2S. The minimum atomic E-state index is -0.347. The van der Waals surface area contributed by atoms with Crippen LogP contribution < -0.4 is 16.0 Å². The number of para-hydroxylation sites is 1. The number of aromatic nitrogens is 2. The van der Waals surface area contributed by atoms with E-state index in [4.69, 9.17) is 4.42 Å². The van der Waals surface area contributed by atoms with E-state index in [1.807, 2.05) is 66.7 Å². The number of pyridine rings is 1. The lowest BCUT2D eigenvalue weighted by molar-refractivity contribution is 0.262. The molecule has 0 aliphatic heterocycles. The number of nitriles is 1. The van der Waals surface area contributed by atoms with Crippen LogP contribution in [-0.4, -0.2) is 22.5 Å². The standard InChI is InChI=1S/C26H20N6O2S/c27-14-18-15-29-21-13-22(17-7-3-1-4-8-17)34-24(21)23(18)28-12-11-20-16-30-26(35-20)32-25(33)31-19-9-5-2-6-10-19/h1-10,13,15-16H,11-12H2,(H,28,29)(H2,30,31,32,33). The fourth-order valence-corrected chi connectivity index (χ4v) is 4.36. The van der Waals surface area contributed by atoms with E-state index >= 15 is 0 Å². The minimum absolute atomic E-state index is 0.347. The molecule has 0 saturated heterocycles. The second-order valence-electron chi connectivity index (χ2n) is 7.60. The first-order chi connectivity index (χ1) is 17.2. The van der Waals surface area contributed by atoms with Crippen molar-refractivity contribution in [3.63, 3.8) is 0 Å². The van der Waals surface area contributed by atoms with Gasteiger partial charge in [-0.1, -0.05) is 48.5 Å². The summed E-state index contributed by atoms with van der Waals surface area (Å²) in [6.45, 7) is 0.549. The van der Waals surface area contributed by atoms with E-state index in [-0.39, 0.29) is 6.03 Å². The zero-order chi connectivity index (χ0) is 24.0. The highest BCUT2D eigenvalue weighted by Crippen LogP contribution is 2.33. The molecule has 5 rings (SSSR count). The van der Waals surface area contributed by atoms with Gasteiger partial charge in [0.1, 0.15) is 17.3 Å². The van der Waals surface area contributed by atoms with Crippen molar-refractivity contribution in [2.75, 3.05) is 22.5 Å². The summed E-state index contributed by atoms with van der Waals surface area (Å²) in [6.07, 6.45) is 3.94. The summed E-state index contributed by atoms with van der Waals surface area (Å²) in [4.78, 5) is 21.8. The molecule has 0 aliphatic rings. The predicted octanol–water partition coefficient (Wildman–Crippen LogP) is 6.12. The second kappa shape index (κ2) is 10.1. The van der Waals surface area contributed by atoms with Crippen molar-refractivity contribution >= 4 is 45.0 Å². The normalized spacial score (nSPS) is 10.6. The molecular weight excluding hydrogens is 460 g/mol. The number of rotatable bonds is 7. The molecule has 0 spiro atoms. The Kier molecular flexibility index (Phi) is 6.37. The highest BCUT2D eigenvalue weighted by molar-refractivity contribution is 7.15. The van der Waals surface area contributed by atoms with Gasteiger partial charge in [-0.15, -0.1) is 11.3 Å². The van der Waals surface area contributed by atoms with Crippen LogP contribution in [0.3, 0.4) is 0 Å². The number of carbonyl (C=O) groups is 1. The number of anilines is 3. The molecule has 5 aromatic rings. The number of hydrogen-bond donors (Lipinski definition) is 3. The third kappa shape index (κ3) is 5.13. The summed E-state index contributed by atoms with van der Waals surface area (Å²) < 4.78 is 6.09. The topological polar surface area (TPSA) is 116 Å². The van der Waals surface area contributed by atoms with Gasteiger partial charge in [0.2, 0.25) is 0 Å². The second-order valence-corrected chi connectivity index (χ2v) is 8.72. The van der Waals surface area contributed by atoms with Gasteiger partial charge in [-0.05, 0) is 12.1 Å². The number of fused-ring (bicyclic) bond motifs is 1. The van der Waals surface area contributed by atoms with E-state index in [9.17, 15) is 10.1 Å². The average molecular weight is 481 g/mol.